The topological polar surface area (TPSA) is 56.5 Å². The SMILES string of the molecule is CC(C)CNCc1ncc(-c2cccc3c2OCCO3)o1. The molecule has 0 saturated carbocycles. The second-order valence-electron chi connectivity index (χ2n) is 5.47. The van der Waals surface area contributed by atoms with Crippen molar-refractivity contribution in [1.29, 1.82) is 0 Å². The van der Waals surface area contributed by atoms with Crippen LogP contribution < -0.4 is 14.8 Å². The fourth-order valence-electron chi connectivity index (χ4n) is 2.25. The normalized spacial score (nSPS) is 13.7. The lowest BCUT2D eigenvalue weighted by Gasteiger charge is -2.19. The van der Waals surface area contributed by atoms with Crippen molar-refractivity contribution in [1.82, 2.24) is 10.3 Å². The van der Waals surface area contributed by atoms with Crippen LogP contribution in [-0.4, -0.2) is 24.7 Å². The number of oxazole rings is 1. The van der Waals surface area contributed by atoms with Gasteiger partial charge >= 0.3 is 0 Å². The Kier molecular flexibility index (Phi) is 4.10. The van der Waals surface area contributed by atoms with Crippen LogP contribution in [0.2, 0.25) is 0 Å². The zero-order valence-corrected chi connectivity index (χ0v) is 12.4. The third kappa shape index (κ3) is 3.19. The number of fused-ring (bicyclic) bond motifs is 1. The van der Waals surface area contributed by atoms with Crippen LogP contribution >= 0.6 is 0 Å². The molecule has 1 aromatic heterocycles. The van der Waals surface area contributed by atoms with Gasteiger partial charge in [-0.25, -0.2) is 4.98 Å². The fourth-order valence-corrected chi connectivity index (χ4v) is 2.25. The molecule has 5 heteroatoms. The van der Waals surface area contributed by atoms with Gasteiger partial charge in [-0.2, -0.15) is 0 Å². The molecule has 0 fully saturated rings. The Bertz CT molecular complexity index is 607. The van der Waals surface area contributed by atoms with Gasteiger partial charge in [0.15, 0.2) is 17.3 Å². The van der Waals surface area contributed by atoms with Gasteiger partial charge in [0.1, 0.15) is 13.2 Å². The first-order valence-electron chi connectivity index (χ1n) is 7.28. The third-order valence-corrected chi connectivity index (χ3v) is 3.21. The Balaban J connectivity index is 1.77. The lowest BCUT2D eigenvalue weighted by molar-refractivity contribution is 0.172. The number of nitrogens with one attached hydrogen (secondary N) is 1. The molecule has 21 heavy (non-hydrogen) atoms. The summed E-state index contributed by atoms with van der Waals surface area (Å²) in [7, 11) is 0. The van der Waals surface area contributed by atoms with Crippen molar-refractivity contribution in [3.63, 3.8) is 0 Å². The Morgan fingerprint density at radius 1 is 1.24 bits per heavy atom. The molecule has 1 aliphatic heterocycles. The lowest BCUT2D eigenvalue weighted by Crippen LogP contribution is -2.19. The predicted octanol–water partition coefficient (Wildman–Crippen LogP) is 2.86. The van der Waals surface area contributed by atoms with Gasteiger partial charge in [-0.1, -0.05) is 19.9 Å². The second-order valence-corrected chi connectivity index (χ2v) is 5.47. The number of aromatic nitrogens is 1. The van der Waals surface area contributed by atoms with Crippen molar-refractivity contribution in [2.24, 2.45) is 5.92 Å². The van der Waals surface area contributed by atoms with E-state index in [2.05, 4.69) is 24.1 Å². The van der Waals surface area contributed by atoms with Crippen LogP contribution in [0.25, 0.3) is 11.3 Å². The first kappa shape index (κ1) is 13.9. The van der Waals surface area contributed by atoms with Crippen molar-refractivity contribution in [2.45, 2.75) is 20.4 Å². The number of nitrogens with zero attached hydrogens (tertiary/aromatic N) is 1. The smallest absolute Gasteiger partial charge is 0.208 e. The highest BCUT2D eigenvalue weighted by Gasteiger charge is 2.19. The second kappa shape index (κ2) is 6.18. The van der Waals surface area contributed by atoms with E-state index >= 15 is 0 Å². The molecule has 5 nitrogen and oxygen atoms in total. The molecule has 0 radical (unpaired) electrons. The van der Waals surface area contributed by atoms with Crippen molar-refractivity contribution in [3.05, 3.63) is 30.3 Å². The number of hydrogen-bond acceptors (Lipinski definition) is 5. The van der Waals surface area contributed by atoms with E-state index in [1.165, 1.54) is 0 Å². The van der Waals surface area contributed by atoms with E-state index in [9.17, 15) is 0 Å². The summed E-state index contributed by atoms with van der Waals surface area (Å²) in [5, 5.41) is 3.32. The van der Waals surface area contributed by atoms with Gasteiger partial charge in [-0.3, -0.25) is 0 Å². The minimum absolute atomic E-state index is 0.556. The summed E-state index contributed by atoms with van der Waals surface area (Å²) in [6.45, 7) is 7.04. The van der Waals surface area contributed by atoms with Crippen LogP contribution in [-0.2, 0) is 6.54 Å². The Hall–Kier alpha value is -2.01. The third-order valence-electron chi connectivity index (χ3n) is 3.21. The highest BCUT2D eigenvalue weighted by atomic mass is 16.6. The highest BCUT2D eigenvalue weighted by Crippen LogP contribution is 2.39. The zero-order valence-electron chi connectivity index (χ0n) is 12.4. The fraction of sp³-hybridized carbons (Fsp3) is 0.438. The van der Waals surface area contributed by atoms with Gasteiger partial charge in [0, 0.05) is 0 Å². The molecule has 0 aliphatic carbocycles. The summed E-state index contributed by atoms with van der Waals surface area (Å²) in [6, 6.07) is 5.79. The van der Waals surface area contributed by atoms with Crippen LogP contribution in [0.5, 0.6) is 11.5 Å². The van der Waals surface area contributed by atoms with E-state index in [1.807, 2.05) is 18.2 Å². The van der Waals surface area contributed by atoms with Crippen molar-refractivity contribution in [3.8, 4) is 22.8 Å². The Morgan fingerprint density at radius 2 is 2.10 bits per heavy atom. The summed E-state index contributed by atoms with van der Waals surface area (Å²) in [5.74, 6) is 3.49. The van der Waals surface area contributed by atoms with E-state index in [0.717, 1.165) is 23.6 Å². The van der Waals surface area contributed by atoms with E-state index in [1.54, 1.807) is 6.20 Å². The summed E-state index contributed by atoms with van der Waals surface area (Å²) in [6.07, 6.45) is 1.74. The number of rotatable bonds is 5. The summed E-state index contributed by atoms with van der Waals surface area (Å²) < 4.78 is 17.1. The average molecular weight is 288 g/mol. The molecule has 3 rings (SSSR count). The van der Waals surface area contributed by atoms with Gasteiger partial charge in [-0.15, -0.1) is 0 Å². The van der Waals surface area contributed by atoms with Crippen molar-refractivity contribution < 1.29 is 13.9 Å². The largest absolute Gasteiger partial charge is 0.486 e. The van der Waals surface area contributed by atoms with Gasteiger partial charge in [0.25, 0.3) is 0 Å². The molecule has 0 unspecified atom stereocenters. The summed E-state index contributed by atoms with van der Waals surface area (Å²) in [4.78, 5) is 4.31. The molecule has 0 spiro atoms. The maximum absolute atomic E-state index is 5.81. The van der Waals surface area contributed by atoms with E-state index in [4.69, 9.17) is 13.9 Å². The molecule has 0 saturated heterocycles. The van der Waals surface area contributed by atoms with Gasteiger partial charge in [-0.05, 0) is 24.6 Å². The van der Waals surface area contributed by atoms with E-state index in [0.29, 0.717) is 37.3 Å². The summed E-state index contributed by atoms with van der Waals surface area (Å²) in [5.41, 5.74) is 0.884. The van der Waals surface area contributed by atoms with Crippen molar-refractivity contribution >= 4 is 0 Å². The monoisotopic (exact) mass is 288 g/mol. The molecule has 2 aromatic rings. The molecular weight excluding hydrogens is 268 g/mol. The summed E-state index contributed by atoms with van der Waals surface area (Å²) >= 11 is 0. The molecule has 112 valence electrons. The quantitative estimate of drug-likeness (QED) is 0.917. The van der Waals surface area contributed by atoms with E-state index < -0.39 is 0 Å². The first-order chi connectivity index (χ1) is 10.2. The van der Waals surface area contributed by atoms with Gasteiger partial charge in [0.05, 0.1) is 18.3 Å². The molecule has 0 amide bonds. The van der Waals surface area contributed by atoms with Crippen LogP contribution in [0.15, 0.2) is 28.8 Å². The van der Waals surface area contributed by atoms with E-state index in [-0.39, 0.29) is 0 Å². The molecule has 2 heterocycles. The minimum Gasteiger partial charge on any atom is -0.486 e. The maximum atomic E-state index is 5.81. The zero-order chi connectivity index (χ0) is 14.7. The van der Waals surface area contributed by atoms with Crippen LogP contribution in [0.3, 0.4) is 0 Å². The standard InChI is InChI=1S/C16H20N2O3/c1-11(2)8-17-10-15-18-9-14(21-15)12-4-3-5-13-16(12)20-7-6-19-13/h3-5,9,11,17H,6-8,10H2,1-2H3. The van der Waals surface area contributed by atoms with Crippen LogP contribution in [0.1, 0.15) is 19.7 Å². The van der Waals surface area contributed by atoms with Crippen LogP contribution in [0, 0.1) is 5.92 Å². The average Bonchev–Trinajstić information content (AvgIpc) is 2.95. The molecule has 1 aromatic carbocycles. The molecule has 0 bridgehead atoms. The minimum atomic E-state index is 0.556. The predicted molar refractivity (Wildman–Crippen MR) is 79.5 cm³/mol. The highest BCUT2D eigenvalue weighted by molar-refractivity contribution is 5.69. The number of para-hydroxylation sites is 1. The molecule has 0 atom stereocenters. The van der Waals surface area contributed by atoms with Crippen LogP contribution in [0.4, 0.5) is 0 Å². The lowest BCUT2D eigenvalue weighted by atomic mass is 10.1. The molecular formula is C16H20N2O3. The first-order valence-corrected chi connectivity index (χ1v) is 7.28. The Labute approximate surface area is 124 Å². The van der Waals surface area contributed by atoms with Gasteiger partial charge < -0.3 is 19.2 Å². The molecule has 1 N–H and O–H groups in total. The Morgan fingerprint density at radius 3 is 2.95 bits per heavy atom. The number of hydrogen-bond donors (Lipinski definition) is 1. The maximum Gasteiger partial charge on any atom is 0.208 e. The van der Waals surface area contributed by atoms with Gasteiger partial charge in [0.2, 0.25) is 5.89 Å². The molecule has 1 aliphatic rings. The number of benzene rings is 1. The van der Waals surface area contributed by atoms with Crippen molar-refractivity contribution in [2.75, 3.05) is 19.8 Å². The number of ether oxygens (including phenoxy) is 2.